The summed E-state index contributed by atoms with van der Waals surface area (Å²) in [6.07, 6.45) is 4.52. The molecule has 6 nitrogen and oxygen atoms in total. The maximum absolute atomic E-state index is 5.71. The van der Waals surface area contributed by atoms with Gasteiger partial charge in [-0.1, -0.05) is 0 Å². The monoisotopic (exact) mass is 345 g/mol. The van der Waals surface area contributed by atoms with E-state index in [2.05, 4.69) is 27.1 Å². The standard InChI is InChI=1S/C17H23N5OS/c1-12-15(24-11-20-12)9-22-6-7-23-10-14(22)17-18-5-4-16(21-17)19-8-13-2-3-13/h4-5,11,13-14H,2-3,6-10H2,1H3,(H,18,19,21)/t14-/m1/s1. The number of hydrogen-bond donors (Lipinski definition) is 1. The summed E-state index contributed by atoms with van der Waals surface area (Å²) < 4.78 is 5.71. The van der Waals surface area contributed by atoms with Crippen molar-refractivity contribution >= 4 is 17.2 Å². The average Bonchev–Trinajstić information content (AvgIpc) is 3.36. The first-order chi connectivity index (χ1) is 11.8. The van der Waals surface area contributed by atoms with Gasteiger partial charge >= 0.3 is 0 Å². The molecule has 2 fully saturated rings. The van der Waals surface area contributed by atoms with Gasteiger partial charge in [0.15, 0.2) is 0 Å². The third-order valence-corrected chi connectivity index (χ3v) is 5.59. The minimum Gasteiger partial charge on any atom is -0.378 e. The van der Waals surface area contributed by atoms with E-state index in [1.165, 1.54) is 17.7 Å². The first-order valence-electron chi connectivity index (χ1n) is 8.57. The van der Waals surface area contributed by atoms with E-state index in [0.29, 0.717) is 6.61 Å². The Labute approximate surface area is 146 Å². The van der Waals surface area contributed by atoms with Crippen LogP contribution in [-0.4, -0.2) is 46.2 Å². The number of ether oxygens (including phenoxy) is 1. The lowest BCUT2D eigenvalue weighted by Gasteiger charge is -2.34. The third-order valence-electron chi connectivity index (χ3n) is 4.67. The summed E-state index contributed by atoms with van der Waals surface area (Å²) in [4.78, 5) is 17.3. The van der Waals surface area contributed by atoms with E-state index in [9.17, 15) is 0 Å². The first-order valence-corrected chi connectivity index (χ1v) is 9.45. The van der Waals surface area contributed by atoms with Gasteiger partial charge in [-0.15, -0.1) is 11.3 Å². The van der Waals surface area contributed by atoms with Crippen molar-refractivity contribution in [1.82, 2.24) is 19.9 Å². The molecular formula is C17H23N5OS. The quantitative estimate of drug-likeness (QED) is 0.868. The predicted molar refractivity (Wildman–Crippen MR) is 94.1 cm³/mol. The normalized spacial score (nSPS) is 21.8. The van der Waals surface area contributed by atoms with Gasteiger partial charge in [-0.25, -0.2) is 15.0 Å². The van der Waals surface area contributed by atoms with Crippen LogP contribution < -0.4 is 5.32 Å². The zero-order valence-corrected chi connectivity index (χ0v) is 14.8. The molecule has 0 spiro atoms. The van der Waals surface area contributed by atoms with Crippen LogP contribution >= 0.6 is 11.3 Å². The molecule has 2 aliphatic rings. The fourth-order valence-electron chi connectivity index (χ4n) is 2.93. The number of rotatable bonds is 6. The van der Waals surface area contributed by atoms with Crippen LogP contribution in [-0.2, 0) is 11.3 Å². The lowest BCUT2D eigenvalue weighted by molar-refractivity contribution is -0.0155. The molecular weight excluding hydrogens is 322 g/mol. The van der Waals surface area contributed by atoms with Crippen molar-refractivity contribution in [3.05, 3.63) is 34.2 Å². The summed E-state index contributed by atoms with van der Waals surface area (Å²) in [5, 5.41) is 3.44. The Morgan fingerprint density at radius 2 is 2.29 bits per heavy atom. The minimum atomic E-state index is 0.0999. The zero-order valence-electron chi connectivity index (χ0n) is 13.9. The van der Waals surface area contributed by atoms with Gasteiger partial charge in [0.25, 0.3) is 0 Å². The highest BCUT2D eigenvalue weighted by Crippen LogP contribution is 2.29. The second kappa shape index (κ2) is 7.13. The van der Waals surface area contributed by atoms with Crippen LogP contribution in [0.2, 0.25) is 0 Å². The second-order valence-corrected chi connectivity index (χ2v) is 7.49. The maximum atomic E-state index is 5.71. The smallest absolute Gasteiger partial charge is 0.150 e. The van der Waals surface area contributed by atoms with Crippen molar-refractivity contribution in [1.29, 1.82) is 0 Å². The molecule has 2 aromatic heterocycles. The Morgan fingerprint density at radius 3 is 3.08 bits per heavy atom. The summed E-state index contributed by atoms with van der Waals surface area (Å²) in [6.45, 7) is 6.26. The third kappa shape index (κ3) is 3.74. The summed E-state index contributed by atoms with van der Waals surface area (Å²) in [5.41, 5.74) is 3.03. The Bertz CT molecular complexity index is 687. The minimum absolute atomic E-state index is 0.0999. The van der Waals surface area contributed by atoms with Gasteiger partial charge in [0, 0.05) is 30.7 Å². The maximum Gasteiger partial charge on any atom is 0.150 e. The van der Waals surface area contributed by atoms with Crippen molar-refractivity contribution in [2.24, 2.45) is 5.92 Å². The largest absolute Gasteiger partial charge is 0.378 e. The molecule has 128 valence electrons. The molecule has 1 aliphatic heterocycles. The molecule has 2 aromatic rings. The van der Waals surface area contributed by atoms with Gasteiger partial charge in [0.05, 0.1) is 30.5 Å². The van der Waals surface area contributed by atoms with E-state index < -0.39 is 0 Å². The lowest BCUT2D eigenvalue weighted by atomic mass is 10.2. The summed E-state index contributed by atoms with van der Waals surface area (Å²) >= 11 is 1.72. The molecule has 1 atom stereocenters. The van der Waals surface area contributed by atoms with E-state index in [4.69, 9.17) is 9.72 Å². The SMILES string of the molecule is Cc1ncsc1CN1CCOC[C@@H]1c1nccc(NCC2CC2)n1. The van der Waals surface area contributed by atoms with Crippen LogP contribution in [0, 0.1) is 12.8 Å². The molecule has 3 heterocycles. The zero-order chi connectivity index (χ0) is 16.4. The molecule has 1 N–H and O–H groups in total. The highest BCUT2D eigenvalue weighted by molar-refractivity contribution is 7.09. The van der Waals surface area contributed by atoms with Crippen LogP contribution in [0.25, 0.3) is 0 Å². The number of hydrogen-bond acceptors (Lipinski definition) is 7. The van der Waals surface area contributed by atoms with Gasteiger partial charge in [-0.2, -0.15) is 0 Å². The number of anilines is 1. The molecule has 0 unspecified atom stereocenters. The molecule has 0 radical (unpaired) electrons. The van der Waals surface area contributed by atoms with E-state index in [1.807, 2.05) is 17.8 Å². The molecule has 1 saturated heterocycles. The average molecular weight is 345 g/mol. The predicted octanol–water partition coefficient (Wildman–Crippen LogP) is 2.64. The van der Waals surface area contributed by atoms with Crippen molar-refractivity contribution in [2.45, 2.75) is 32.4 Å². The highest BCUT2D eigenvalue weighted by atomic mass is 32.1. The number of nitrogens with zero attached hydrogens (tertiary/aromatic N) is 4. The second-order valence-electron chi connectivity index (χ2n) is 6.55. The van der Waals surface area contributed by atoms with Gasteiger partial charge in [0.2, 0.25) is 0 Å². The molecule has 1 saturated carbocycles. The van der Waals surface area contributed by atoms with Gasteiger partial charge in [-0.3, -0.25) is 4.90 Å². The van der Waals surface area contributed by atoms with E-state index >= 15 is 0 Å². The van der Waals surface area contributed by atoms with Crippen molar-refractivity contribution in [3.63, 3.8) is 0 Å². The number of aryl methyl sites for hydroxylation is 1. The molecule has 7 heteroatoms. The lowest BCUT2D eigenvalue weighted by Crippen LogP contribution is -2.39. The van der Waals surface area contributed by atoms with Gasteiger partial charge in [-0.05, 0) is 31.7 Å². The fourth-order valence-corrected chi connectivity index (χ4v) is 3.73. The molecule has 0 bridgehead atoms. The van der Waals surface area contributed by atoms with Crippen molar-refractivity contribution in [3.8, 4) is 0 Å². The first kappa shape index (κ1) is 15.9. The van der Waals surface area contributed by atoms with Crippen LogP contribution in [0.3, 0.4) is 0 Å². The van der Waals surface area contributed by atoms with Crippen LogP contribution in [0.5, 0.6) is 0 Å². The van der Waals surface area contributed by atoms with Crippen molar-refractivity contribution < 1.29 is 4.74 Å². The molecule has 4 rings (SSSR count). The Hall–Kier alpha value is -1.57. The van der Waals surface area contributed by atoms with E-state index in [1.54, 1.807) is 11.3 Å². The fraction of sp³-hybridized carbons (Fsp3) is 0.588. The van der Waals surface area contributed by atoms with Crippen molar-refractivity contribution in [2.75, 3.05) is 31.6 Å². The molecule has 0 amide bonds. The molecule has 0 aromatic carbocycles. The highest BCUT2D eigenvalue weighted by Gasteiger charge is 2.28. The number of nitrogens with one attached hydrogen (secondary N) is 1. The van der Waals surface area contributed by atoms with E-state index in [-0.39, 0.29) is 6.04 Å². The number of aromatic nitrogens is 3. The van der Waals surface area contributed by atoms with E-state index in [0.717, 1.165) is 49.5 Å². The van der Waals surface area contributed by atoms with Crippen LogP contribution in [0.4, 0.5) is 5.82 Å². The van der Waals surface area contributed by atoms with Gasteiger partial charge < -0.3 is 10.1 Å². The Balaban J connectivity index is 1.49. The van der Waals surface area contributed by atoms with Gasteiger partial charge in [0.1, 0.15) is 11.6 Å². The van der Waals surface area contributed by atoms with Crippen LogP contribution in [0.15, 0.2) is 17.8 Å². The Kier molecular flexibility index (Phi) is 4.73. The molecule has 24 heavy (non-hydrogen) atoms. The summed E-state index contributed by atoms with van der Waals surface area (Å²) in [7, 11) is 0. The summed E-state index contributed by atoms with van der Waals surface area (Å²) in [5.74, 6) is 2.59. The summed E-state index contributed by atoms with van der Waals surface area (Å²) in [6, 6.07) is 2.05. The topological polar surface area (TPSA) is 63.2 Å². The van der Waals surface area contributed by atoms with Crippen LogP contribution in [0.1, 0.15) is 35.3 Å². The number of thiazole rings is 1. The number of morpholine rings is 1. The Morgan fingerprint density at radius 1 is 1.38 bits per heavy atom. The molecule has 1 aliphatic carbocycles.